The molecule has 1 aromatic heterocycles. The smallest absolute Gasteiger partial charge is 0.0700 e. The van der Waals surface area contributed by atoms with Crippen molar-refractivity contribution in [2.24, 2.45) is 0 Å². The van der Waals surface area contributed by atoms with Crippen molar-refractivity contribution in [3.8, 4) is 0 Å². The molecule has 1 atom stereocenters. The first-order valence-electron chi connectivity index (χ1n) is 6.01. The van der Waals surface area contributed by atoms with Crippen LogP contribution in [0, 0.1) is 0 Å². The number of benzene rings is 1. The zero-order chi connectivity index (χ0) is 13.9. The summed E-state index contributed by atoms with van der Waals surface area (Å²) in [4.78, 5) is 4.11. The molecule has 100 valence electrons. The molecule has 0 fully saturated rings. The minimum Gasteiger partial charge on any atom is -0.389 e. The second kappa shape index (κ2) is 6.04. The lowest BCUT2D eigenvalue weighted by Crippen LogP contribution is -2.30. The van der Waals surface area contributed by atoms with Gasteiger partial charge < -0.3 is 5.11 Å². The minimum absolute atomic E-state index is 0.558. The Bertz CT molecular complexity index is 554. The molecule has 4 heteroatoms. The van der Waals surface area contributed by atoms with Gasteiger partial charge in [0.1, 0.15) is 0 Å². The molecule has 0 aliphatic rings. The molecule has 1 heterocycles. The molecule has 1 aromatic carbocycles. The van der Waals surface area contributed by atoms with Crippen LogP contribution in [-0.4, -0.2) is 15.7 Å². The predicted molar refractivity (Wildman–Crippen MR) is 81.4 cm³/mol. The Kier molecular flexibility index (Phi) is 4.61. The van der Waals surface area contributed by atoms with E-state index in [9.17, 15) is 5.11 Å². The summed E-state index contributed by atoms with van der Waals surface area (Å²) in [5.74, 6) is 0. The summed E-state index contributed by atoms with van der Waals surface area (Å²) in [5.41, 5.74) is 1.27. The molecular weight excluding hydrogens is 326 g/mol. The number of nitrogens with zero attached hydrogens (tertiary/aromatic N) is 1. The molecule has 19 heavy (non-hydrogen) atoms. The number of pyridine rings is 1. The summed E-state index contributed by atoms with van der Waals surface area (Å²) < 4.78 is 0.923. The van der Waals surface area contributed by atoms with Gasteiger partial charge in [-0.15, -0.1) is 0 Å². The SMILES string of the molecule is CC(O)(Cc1ccc(Cl)cc1)Cc1cncc(Br)c1. The first kappa shape index (κ1) is 14.5. The Morgan fingerprint density at radius 1 is 1.16 bits per heavy atom. The summed E-state index contributed by atoms with van der Waals surface area (Å²) in [7, 11) is 0. The van der Waals surface area contributed by atoms with Gasteiger partial charge in [-0.1, -0.05) is 23.7 Å². The Morgan fingerprint density at radius 2 is 1.79 bits per heavy atom. The van der Waals surface area contributed by atoms with Gasteiger partial charge in [0, 0.05) is 34.7 Å². The van der Waals surface area contributed by atoms with Crippen LogP contribution in [0.15, 0.2) is 47.2 Å². The number of rotatable bonds is 4. The molecule has 0 saturated heterocycles. The van der Waals surface area contributed by atoms with E-state index in [1.165, 1.54) is 0 Å². The maximum absolute atomic E-state index is 10.5. The van der Waals surface area contributed by atoms with Crippen molar-refractivity contribution in [3.63, 3.8) is 0 Å². The molecule has 2 aromatic rings. The van der Waals surface area contributed by atoms with Crippen LogP contribution < -0.4 is 0 Å². The molecule has 0 amide bonds. The van der Waals surface area contributed by atoms with Crippen LogP contribution >= 0.6 is 27.5 Å². The van der Waals surface area contributed by atoms with Gasteiger partial charge in [-0.05, 0) is 52.2 Å². The molecule has 0 aliphatic carbocycles. The van der Waals surface area contributed by atoms with E-state index in [0.29, 0.717) is 17.9 Å². The maximum atomic E-state index is 10.5. The Balaban J connectivity index is 2.07. The van der Waals surface area contributed by atoms with Crippen LogP contribution in [0.25, 0.3) is 0 Å². The van der Waals surface area contributed by atoms with Crippen molar-refractivity contribution in [1.82, 2.24) is 4.98 Å². The quantitative estimate of drug-likeness (QED) is 0.911. The zero-order valence-corrected chi connectivity index (χ0v) is 12.9. The van der Waals surface area contributed by atoms with Gasteiger partial charge in [-0.2, -0.15) is 0 Å². The Labute approximate surface area is 126 Å². The van der Waals surface area contributed by atoms with Crippen LogP contribution in [0.5, 0.6) is 0 Å². The Hall–Kier alpha value is -0.900. The summed E-state index contributed by atoms with van der Waals surface area (Å²) >= 11 is 9.24. The summed E-state index contributed by atoms with van der Waals surface area (Å²) in [6.07, 6.45) is 4.65. The highest BCUT2D eigenvalue weighted by Crippen LogP contribution is 2.21. The monoisotopic (exact) mass is 339 g/mol. The van der Waals surface area contributed by atoms with E-state index < -0.39 is 5.60 Å². The molecule has 2 rings (SSSR count). The largest absolute Gasteiger partial charge is 0.389 e. The Morgan fingerprint density at radius 3 is 2.42 bits per heavy atom. The van der Waals surface area contributed by atoms with Gasteiger partial charge in [0.2, 0.25) is 0 Å². The predicted octanol–water partition coefficient (Wildman–Crippen LogP) is 4.03. The van der Waals surface area contributed by atoms with E-state index in [2.05, 4.69) is 20.9 Å². The van der Waals surface area contributed by atoms with Crippen molar-refractivity contribution in [1.29, 1.82) is 0 Å². The first-order valence-corrected chi connectivity index (χ1v) is 7.18. The van der Waals surface area contributed by atoms with Gasteiger partial charge in [0.15, 0.2) is 0 Å². The van der Waals surface area contributed by atoms with E-state index in [1.807, 2.05) is 37.3 Å². The minimum atomic E-state index is -0.809. The topological polar surface area (TPSA) is 33.1 Å². The van der Waals surface area contributed by atoms with Crippen LogP contribution in [0.4, 0.5) is 0 Å². The third-order valence-corrected chi connectivity index (χ3v) is 3.53. The van der Waals surface area contributed by atoms with Gasteiger partial charge in [-0.25, -0.2) is 0 Å². The van der Waals surface area contributed by atoms with Gasteiger partial charge in [0.05, 0.1) is 5.60 Å². The van der Waals surface area contributed by atoms with E-state index in [-0.39, 0.29) is 0 Å². The second-order valence-corrected chi connectivity index (χ2v) is 6.34. The first-order chi connectivity index (χ1) is 8.94. The summed E-state index contributed by atoms with van der Waals surface area (Å²) in [5, 5.41) is 11.2. The van der Waals surface area contributed by atoms with Crippen molar-refractivity contribution >= 4 is 27.5 Å². The highest BCUT2D eigenvalue weighted by Gasteiger charge is 2.21. The lowest BCUT2D eigenvalue weighted by molar-refractivity contribution is 0.0607. The molecule has 1 N–H and O–H groups in total. The van der Waals surface area contributed by atoms with Crippen molar-refractivity contribution in [2.45, 2.75) is 25.4 Å². The molecule has 0 aliphatic heterocycles. The average Bonchev–Trinajstić information content (AvgIpc) is 2.31. The van der Waals surface area contributed by atoms with Crippen LogP contribution in [0.1, 0.15) is 18.1 Å². The fourth-order valence-corrected chi connectivity index (χ4v) is 2.64. The highest BCUT2D eigenvalue weighted by atomic mass is 79.9. The van der Waals surface area contributed by atoms with Crippen LogP contribution in [0.3, 0.4) is 0 Å². The van der Waals surface area contributed by atoms with E-state index in [0.717, 1.165) is 15.6 Å². The lowest BCUT2D eigenvalue weighted by atomic mass is 9.90. The molecule has 0 saturated carbocycles. The van der Waals surface area contributed by atoms with Crippen molar-refractivity contribution in [2.75, 3.05) is 0 Å². The third-order valence-electron chi connectivity index (χ3n) is 2.84. The molecule has 0 bridgehead atoms. The third kappa shape index (κ3) is 4.60. The van der Waals surface area contributed by atoms with E-state index in [1.54, 1.807) is 12.4 Å². The number of hydrogen-bond acceptors (Lipinski definition) is 2. The van der Waals surface area contributed by atoms with Crippen molar-refractivity contribution < 1.29 is 5.11 Å². The fraction of sp³-hybridized carbons (Fsp3) is 0.267. The summed E-state index contributed by atoms with van der Waals surface area (Å²) in [6, 6.07) is 9.54. The van der Waals surface area contributed by atoms with E-state index in [4.69, 9.17) is 11.6 Å². The maximum Gasteiger partial charge on any atom is 0.0700 e. The molecule has 0 spiro atoms. The highest BCUT2D eigenvalue weighted by molar-refractivity contribution is 9.10. The number of hydrogen-bond donors (Lipinski definition) is 1. The molecule has 1 unspecified atom stereocenters. The fourth-order valence-electron chi connectivity index (χ4n) is 2.10. The van der Waals surface area contributed by atoms with Crippen LogP contribution in [0.2, 0.25) is 5.02 Å². The number of aliphatic hydroxyl groups is 1. The van der Waals surface area contributed by atoms with Crippen molar-refractivity contribution in [3.05, 3.63) is 63.3 Å². The van der Waals surface area contributed by atoms with Gasteiger partial charge in [-0.3, -0.25) is 4.98 Å². The number of aromatic nitrogens is 1. The average molecular weight is 341 g/mol. The van der Waals surface area contributed by atoms with E-state index >= 15 is 0 Å². The second-order valence-electron chi connectivity index (χ2n) is 4.99. The number of halogens is 2. The molecular formula is C15H15BrClNO. The molecule has 0 radical (unpaired) electrons. The summed E-state index contributed by atoms with van der Waals surface area (Å²) in [6.45, 7) is 1.84. The lowest BCUT2D eigenvalue weighted by Gasteiger charge is -2.23. The normalized spacial score (nSPS) is 14.1. The van der Waals surface area contributed by atoms with Gasteiger partial charge >= 0.3 is 0 Å². The zero-order valence-electron chi connectivity index (χ0n) is 10.6. The van der Waals surface area contributed by atoms with Crippen LogP contribution in [-0.2, 0) is 12.8 Å². The van der Waals surface area contributed by atoms with Gasteiger partial charge in [0.25, 0.3) is 0 Å². The molecule has 2 nitrogen and oxygen atoms in total. The standard InChI is InChI=1S/C15H15BrClNO/c1-15(19,7-11-2-4-14(17)5-3-11)8-12-6-13(16)10-18-9-12/h2-6,9-10,19H,7-8H2,1H3.